The van der Waals surface area contributed by atoms with Gasteiger partial charge in [-0.2, -0.15) is 0 Å². The largest absolute Gasteiger partial charge is 0.371 e. The lowest BCUT2D eigenvalue weighted by molar-refractivity contribution is -0.0189. The summed E-state index contributed by atoms with van der Waals surface area (Å²) in [6.07, 6.45) is 4.19. The van der Waals surface area contributed by atoms with Crippen LogP contribution in [0.4, 0.5) is 0 Å². The Bertz CT molecular complexity index is 231. The van der Waals surface area contributed by atoms with Crippen molar-refractivity contribution < 1.29 is 4.74 Å². The zero-order valence-electron chi connectivity index (χ0n) is 6.77. The molecular weight excluding hydrogens is 172 g/mol. The molecule has 0 spiro atoms. The first kappa shape index (κ1) is 8.16. The lowest BCUT2D eigenvalue weighted by Gasteiger charge is -2.31. The van der Waals surface area contributed by atoms with Crippen molar-refractivity contribution in [1.29, 1.82) is 0 Å². The van der Waals surface area contributed by atoms with E-state index in [1.54, 1.807) is 17.5 Å². The van der Waals surface area contributed by atoms with Crippen LogP contribution in [-0.4, -0.2) is 17.1 Å². The molecule has 0 aromatic carbocycles. The summed E-state index contributed by atoms with van der Waals surface area (Å²) in [5.74, 6) is 0. The molecule has 0 bridgehead atoms. The van der Waals surface area contributed by atoms with Gasteiger partial charge in [-0.3, -0.25) is 0 Å². The van der Waals surface area contributed by atoms with Crippen LogP contribution >= 0.6 is 11.3 Å². The number of rotatable bonds is 3. The van der Waals surface area contributed by atoms with Gasteiger partial charge in [0.1, 0.15) is 5.01 Å². The number of thiazole rings is 1. The molecule has 3 nitrogen and oxygen atoms in total. The van der Waals surface area contributed by atoms with E-state index >= 15 is 0 Å². The van der Waals surface area contributed by atoms with E-state index in [0.29, 0.717) is 18.8 Å². The Balaban J connectivity index is 1.70. The van der Waals surface area contributed by atoms with Gasteiger partial charge < -0.3 is 10.5 Å². The van der Waals surface area contributed by atoms with Gasteiger partial charge in [0.05, 0.1) is 12.7 Å². The molecule has 1 aliphatic rings. The zero-order valence-corrected chi connectivity index (χ0v) is 7.59. The molecule has 0 amide bonds. The monoisotopic (exact) mass is 184 g/mol. The summed E-state index contributed by atoms with van der Waals surface area (Å²) in [5, 5.41) is 3.01. The van der Waals surface area contributed by atoms with Crippen LogP contribution in [0.15, 0.2) is 11.6 Å². The van der Waals surface area contributed by atoms with Gasteiger partial charge in [-0.25, -0.2) is 4.98 Å². The highest BCUT2D eigenvalue weighted by molar-refractivity contribution is 7.09. The molecule has 2 rings (SSSR count). The van der Waals surface area contributed by atoms with Crippen LogP contribution in [0.1, 0.15) is 17.8 Å². The number of hydrogen-bond donors (Lipinski definition) is 1. The molecule has 0 radical (unpaired) electrons. The van der Waals surface area contributed by atoms with Crippen molar-refractivity contribution >= 4 is 11.3 Å². The van der Waals surface area contributed by atoms with E-state index in [4.69, 9.17) is 10.5 Å². The predicted octanol–water partition coefficient (Wildman–Crippen LogP) is 1.15. The van der Waals surface area contributed by atoms with Crippen molar-refractivity contribution in [3.63, 3.8) is 0 Å². The van der Waals surface area contributed by atoms with E-state index in [1.807, 2.05) is 5.38 Å². The van der Waals surface area contributed by atoms with E-state index in [9.17, 15) is 0 Å². The summed E-state index contributed by atoms with van der Waals surface area (Å²) < 4.78 is 5.56. The summed E-state index contributed by atoms with van der Waals surface area (Å²) in [7, 11) is 0. The topological polar surface area (TPSA) is 48.1 Å². The fourth-order valence-electron chi connectivity index (χ4n) is 1.26. The molecule has 1 aromatic rings. The average molecular weight is 184 g/mol. The van der Waals surface area contributed by atoms with Crippen LogP contribution in [0.25, 0.3) is 0 Å². The lowest BCUT2D eigenvalue weighted by atomic mass is 9.90. The smallest absolute Gasteiger partial charge is 0.118 e. The molecule has 1 heterocycles. The first-order valence-electron chi connectivity index (χ1n) is 4.10. The summed E-state index contributed by atoms with van der Waals surface area (Å²) in [4.78, 5) is 4.13. The molecular formula is C8H12N2OS. The fraction of sp³-hybridized carbons (Fsp3) is 0.625. The maximum absolute atomic E-state index is 5.62. The Morgan fingerprint density at radius 3 is 3.08 bits per heavy atom. The maximum atomic E-state index is 5.62. The number of nitrogens with zero attached hydrogens (tertiary/aromatic N) is 1. The normalized spacial score (nSPS) is 28.4. The number of aromatic nitrogens is 1. The van der Waals surface area contributed by atoms with Crippen molar-refractivity contribution in [2.75, 3.05) is 0 Å². The van der Waals surface area contributed by atoms with Crippen LogP contribution in [0, 0.1) is 0 Å². The Hall–Kier alpha value is -0.450. The Kier molecular flexibility index (Phi) is 2.39. The third-order valence-corrected chi connectivity index (χ3v) is 2.81. The standard InChI is InChI=1S/C8H12N2OS/c9-6-3-7(4-6)11-5-8-10-1-2-12-8/h1-2,6-7H,3-5,9H2. The Labute approximate surface area is 75.6 Å². The van der Waals surface area contributed by atoms with Crippen LogP contribution < -0.4 is 5.73 Å². The summed E-state index contributed by atoms with van der Waals surface area (Å²) in [5.41, 5.74) is 5.62. The molecule has 4 heteroatoms. The van der Waals surface area contributed by atoms with Crippen LogP contribution in [0.3, 0.4) is 0 Å². The zero-order chi connectivity index (χ0) is 8.39. The molecule has 1 fully saturated rings. The van der Waals surface area contributed by atoms with Crippen molar-refractivity contribution in [3.05, 3.63) is 16.6 Å². The maximum Gasteiger partial charge on any atom is 0.118 e. The van der Waals surface area contributed by atoms with Crippen molar-refractivity contribution in [3.8, 4) is 0 Å². The Morgan fingerprint density at radius 2 is 2.50 bits per heavy atom. The van der Waals surface area contributed by atoms with E-state index in [-0.39, 0.29) is 0 Å². The van der Waals surface area contributed by atoms with Gasteiger partial charge in [-0.15, -0.1) is 11.3 Å². The number of hydrogen-bond acceptors (Lipinski definition) is 4. The van der Waals surface area contributed by atoms with Crippen molar-refractivity contribution in [1.82, 2.24) is 4.98 Å². The van der Waals surface area contributed by atoms with E-state index in [0.717, 1.165) is 17.8 Å². The molecule has 0 aliphatic heterocycles. The SMILES string of the molecule is NC1CC(OCc2nccs2)C1. The predicted molar refractivity (Wildman–Crippen MR) is 47.9 cm³/mol. The van der Waals surface area contributed by atoms with Gasteiger partial charge in [0, 0.05) is 17.6 Å². The van der Waals surface area contributed by atoms with E-state index in [2.05, 4.69) is 4.98 Å². The van der Waals surface area contributed by atoms with Gasteiger partial charge in [-0.1, -0.05) is 0 Å². The van der Waals surface area contributed by atoms with E-state index < -0.39 is 0 Å². The first-order chi connectivity index (χ1) is 5.84. The molecule has 66 valence electrons. The average Bonchev–Trinajstić information content (AvgIpc) is 2.47. The quantitative estimate of drug-likeness (QED) is 0.766. The molecule has 0 atom stereocenters. The highest BCUT2D eigenvalue weighted by atomic mass is 32.1. The second kappa shape index (κ2) is 3.51. The van der Waals surface area contributed by atoms with Crippen molar-refractivity contribution in [2.45, 2.75) is 31.6 Å². The van der Waals surface area contributed by atoms with Crippen LogP contribution in [0.2, 0.25) is 0 Å². The fourth-order valence-corrected chi connectivity index (χ4v) is 1.79. The summed E-state index contributed by atoms with van der Waals surface area (Å²) >= 11 is 1.63. The van der Waals surface area contributed by atoms with Gasteiger partial charge in [0.15, 0.2) is 0 Å². The second-order valence-electron chi connectivity index (χ2n) is 3.09. The molecule has 2 N–H and O–H groups in total. The third kappa shape index (κ3) is 1.83. The third-order valence-electron chi connectivity index (χ3n) is 2.06. The summed E-state index contributed by atoms with van der Waals surface area (Å²) in [6, 6.07) is 0.367. The van der Waals surface area contributed by atoms with Gasteiger partial charge in [0.2, 0.25) is 0 Å². The molecule has 1 saturated carbocycles. The number of ether oxygens (including phenoxy) is 1. The molecule has 1 aliphatic carbocycles. The second-order valence-corrected chi connectivity index (χ2v) is 4.07. The van der Waals surface area contributed by atoms with Gasteiger partial charge in [0.25, 0.3) is 0 Å². The molecule has 12 heavy (non-hydrogen) atoms. The summed E-state index contributed by atoms with van der Waals surface area (Å²) in [6.45, 7) is 0.648. The minimum atomic E-state index is 0.367. The first-order valence-corrected chi connectivity index (χ1v) is 4.98. The molecule has 0 saturated heterocycles. The Morgan fingerprint density at radius 1 is 1.67 bits per heavy atom. The van der Waals surface area contributed by atoms with Crippen LogP contribution in [-0.2, 0) is 11.3 Å². The molecule has 1 aromatic heterocycles. The van der Waals surface area contributed by atoms with Crippen LogP contribution in [0.5, 0.6) is 0 Å². The van der Waals surface area contributed by atoms with Gasteiger partial charge in [-0.05, 0) is 12.8 Å². The minimum absolute atomic E-state index is 0.367. The molecule has 0 unspecified atom stereocenters. The minimum Gasteiger partial charge on any atom is -0.371 e. The lowest BCUT2D eigenvalue weighted by Crippen LogP contribution is -2.41. The highest BCUT2D eigenvalue weighted by Crippen LogP contribution is 2.22. The van der Waals surface area contributed by atoms with Gasteiger partial charge >= 0.3 is 0 Å². The number of nitrogens with two attached hydrogens (primary N) is 1. The van der Waals surface area contributed by atoms with Crippen molar-refractivity contribution in [2.24, 2.45) is 5.73 Å². The van der Waals surface area contributed by atoms with E-state index in [1.165, 1.54) is 0 Å². The highest BCUT2D eigenvalue weighted by Gasteiger charge is 2.26.